The molecule has 0 bridgehead atoms. The molecule has 1 aromatic carbocycles. The standard InChI is InChI=1S/C16H27N/c1-15(2,3)12-13-8-10-14(11-9-13)17(7)16(4,5)6/h8-11H,12H2,1-7H3. The first-order valence-electron chi connectivity index (χ1n) is 6.42. The van der Waals surface area contributed by atoms with E-state index in [2.05, 4.69) is 77.8 Å². The molecule has 0 unspecified atom stereocenters. The Kier molecular flexibility index (Phi) is 3.91. The average molecular weight is 233 g/mol. The lowest BCUT2D eigenvalue weighted by Gasteiger charge is -2.34. The van der Waals surface area contributed by atoms with Crippen LogP contribution in [0, 0.1) is 5.41 Å². The van der Waals surface area contributed by atoms with E-state index in [-0.39, 0.29) is 5.54 Å². The highest BCUT2D eigenvalue weighted by molar-refractivity contribution is 5.48. The lowest BCUT2D eigenvalue weighted by atomic mass is 9.88. The molecule has 0 amide bonds. The smallest absolute Gasteiger partial charge is 0.0368 e. The second-order valence-electron chi connectivity index (χ2n) is 7.13. The number of hydrogen-bond donors (Lipinski definition) is 0. The van der Waals surface area contributed by atoms with E-state index in [0.29, 0.717) is 5.41 Å². The van der Waals surface area contributed by atoms with Crippen LogP contribution in [0.2, 0.25) is 0 Å². The van der Waals surface area contributed by atoms with Gasteiger partial charge in [-0.05, 0) is 50.3 Å². The molecule has 0 aliphatic rings. The van der Waals surface area contributed by atoms with Crippen LogP contribution in [0.15, 0.2) is 24.3 Å². The highest BCUT2D eigenvalue weighted by atomic mass is 15.2. The Balaban J connectivity index is 2.82. The van der Waals surface area contributed by atoms with Crippen molar-refractivity contribution >= 4 is 5.69 Å². The van der Waals surface area contributed by atoms with Crippen LogP contribution in [0.25, 0.3) is 0 Å². The minimum Gasteiger partial charge on any atom is -0.370 e. The Labute approximate surface area is 107 Å². The highest BCUT2D eigenvalue weighted by Crippen LogP contribution is 2.25. The van der Waals surface area contributed by atoms with Gasteiger partial charge < -0.3 is 4.90 Å². The van der Waals surface area contributed by atoms with Crippen molar-refractivity contribution < 1.29 is 0 Å². The van der Waals surface area contributed by atoms with Gasteiger partial charge in [0.15, 0.2) is 0 Å². The molecular weight excluding hydrogens is 206 g/mol. The van der Waals surface area contributed by atoms with Gasteiger partial charge in [-0.3, -0.25) is 0 Å². The fraction of sp³-hybridized carbons (Fsp3) is 0.625. The maximum Gasteiger partial charge on any atom is 0.0368 e. The SMILES string of the molecule is CN(c1ccc(CC(C)(C)C)cc1)C(C)(C)C. The van der Waals surface area contributed by atoms with E-state index in [9.17, 15) is 0 Å². The summed E-state index contributed by atoms with van der Waals surface area (Å²) < 4.78 is 0. The molecule has 0 N–H and O–H groups in total. The summed E-state index contributed by atoms with van der Waals surface area (Å²) in [6, 6.07) is 8.96. The van der Waals surface area contributed by atoms with Crippen molar-refractivity contribution in [1.29, 1.82) is 0 Å². The van der Waals surface area contributed by atoms with Gasteiger partial charge in [0.2, 0.25) is 0 Å². The Morgan fingerprint density at radius 3 is 1.71 bits per heavy atom. The summed E-state index contributed by atoms with van der Waals surface area (Å²) in [4.78, 5) is 2.31. The first-order chi connectivity index (χ1) is 7.59. The van der Waals surface area contributed by atoms with Gasteiger partial charge in [-0.15, -0.1) is 0 Å². The summed E-state index contributed by atoms with van der Waals surface area (Å²) in [6.07, 6.45) is 1.13. The molecule has 0 atom stereocenters. The first-order valence-corrected chi connectivity index (χ1v) is 6.42. The number of anilines is 1. The Hall–Kier alpha value is -0.980. The predicted octanol–water partition coefficient (Wildman–Crippen LogP) is 4.51. The third kappa shape index (κ3) is 4.41. The van der Waals surface area contributed by atoms with Gasteiger partial charge in [-0.25, -0.2) is 0 Å². The maximum atomic E-state index is 2.31. The van der Waals surface area contributed by atoms with Crippen LogP contribution in [0.3, 0.4) is 0 Å². The van der Waals surface area contributed by atoms with Crippen molar-refractivity contribution in [3.05, 3.63) is 29.8 Å². The van der Waals surface area contributed by atoms with E-state index < -0.39 is 0 Å². The van der Waals surface area contributed by atoms with E-state index in [4.69, 9.17) is 0 Å². The number of hydrogen-bond acceptors (Lipinski definition) is 1. The minimum atomic E-state index is 0.172. The molecule has 1 nitrogen and oxygen atoms in total. The van der Waals surface area contributed by atoms with Crippen molar-refractivity contribution in [3.8, 4) is 0 Å². The molecule has 0 radical (unpaired) electrons. The van der Waals surface area contributed by atoms with Gasteiger partial charge in [-0.1, -0.05) is 32.9 Å². The zero-order chi connectivity index (χ0) is 13.3. The van der Waals surface area contributed by atoms with Crippen LogP contribution in [0.4, 0.5) is 5.69 Å². The molecule has 1 rings (SSSR count). The third-order valence-electron chi connectivity index (χ3n) is 3.06. The Bertz CT molecular complexity index is 349. The molecule has 0 heterocycles. The van der Waals surface area contributed by atoms with Crippen molar-refractivity contribution in [2.75, 3.05) is 11.9 Å². The molecule has 0 aliphatic heterocycles. The van der Waals surface area contributed by atoms with Gasteiger partial charge in [0.1, 0.15) is 0 Å². The fourth-order valence-corrected chi connectivity index (χ4v) is 1.84. The second-order valence-corrected chi connectivity index (χ2v) is 7.13. The quantitative estimate of drug-likeness (QED) is 0.726. The van der Waals surface area contributed by atoms with Crippen molar-refractivity contribution in [3.63, 3.8) is 0 Å². The molecule has 1 heteroatoms. The van der Waals surface area contributed by atoms with E-state index in [0.717, 1.165) is 6.42 Å². The van der Waals surface area contributed by atoms with Crippen molar-refractivity contribution in [1.82, 2.24) is 0 Å². The number of nitrogens with zero attached hydrogens (tertiary/aromatic N) is 1. The van der Waals surface area contributed by atoms with Gasteiger partial charge in [0.05, 0.1) is 0 Å². The Morgan fingerprint density at radius 1 is 0.882 bits per heavy atom. The minimum absolute atomic E-state index is 0.172. The summed E-state index contributed by atoms with van der Waals surface area (Å²) in [5.41, 5.74) is 3.24. The lowest BCUT2D eigenvalue weighted by molar-refractivity contribution is 0.411. The third-order valence-corrected chi connectivity index (χ3v) is 3.06. The van der Waals surface area contributed by atoms with E-state index in [1.165, 1.54) is 11.3 Å². The van der Waals surface area contributed by atoms with Crippen LogP contribution >= 0.6 is 0 Å². The van der Waals surface area contributed by atoms with Crippen LogP contribution < -0.4 is 4.90 Å². The van der Waals surface area contributed by atoms with Gasteiger partial charge in [0.25, 0.3) is 0 Å². The fourth-order valence-electron chi connectivity index (χ4n) is 1.84. The summed E-state index contributed by atoms with van der Waals surface area (Å²) in [6.45, 7) is 13.5. The van der Waals surface area contributed by atoms with Crippen molar-refractivity contribution in [2.24, 2.45) is 5.41 Å². The van der Waals surface area contributed by atoms with E-state index >= 15 is 0 Å². The zero-order valence-electron chi connectivity index (χ0n) is 12.5. The van der Waals surface area contributed by atoms with E-state index in [1.807, 2.05) is 0 Å². The van der Waals surface area contributed by atoms with E-state index in [1.54, 1.807) is 0 Å². The first kappa shape index (κ1) is 14.1. The number of rotatable bonds is 2. The van der Waals surface area contributed by atoms with Gasteiger partial charge >= 0.3 is 0 Å². The lowest BCUT2D eigenvalue weighted by Crippen LogP contribution is -2.37. The van der Waals surface area contributed by atoms with Gasteiger partial charge in [-0.2, -0.15) is 0 Å². The molecule has 0 saturated carbocycles. The molecule has 0 fully saturated rings. The Morgan fingerprint density at radius 2 is 1.35 bits per heavy atom. The molecule has 96 valence electrons. The molecule has 0 spiro atoms. The average Bonchev–Trinajstić information content (AvgIpc) is 2.14. The van der Waals surface area contributed by atoms with Crippen LogP contribution in [-0.2, 0) is 6.42 Å². The monoisotopic (exact) mass is 233 g/mol. The van der Waals surface area contributed by atoms with Crippen molar-refractivity contribution in [2.45, 2.75) is 53.5 Å². The largest absolute Gasteiger partial charge is 0.370 e. The summed E-state index contributed by atoms with van der Waals surface area (Å²) in [5.74, 6) is 0. The molecule has 17 heavy (non-hydrogen) atoms. The molecular formula is C16H27N. The topological polar surface area (TPSA) is 3.24 Å². The van der Waals surface area contributed by atoms with Gasteiger partial charge in [0, 0.05) is 18.3 Å². The van der Waals surface area contributed by atoms with Crippen LogP contribution in [0.1, 0.15) is 47.1 Å². The van der Waals surface area contributed by atoms with Crippen LogP contribution in [0.5, 0.6) is 0 Å². The normalized spacial score (nSPS) is 12.6. The summed E-state index contributed by atoms with van der Waals surface area (Å²) >= 11 is 0. The predicted molar refractivity (Wildman–Crippen MR) is 77.8 cm³/mol. The number of benzene rings is 1. The second kappa shape index (κ2) is 4.72. The molecule has 0 aliphatic carbocycles. The molecule has 1 aromatic rings. The molecule has 0 aromatic heterocycles. The highest BCUT2D eigenvalue weighted by Gasteiger charge is 2.17. The zero-order valence-corrected chi connectivity index (χ0v) is 12.5. The maximum absolute atomic E-state index is 2.31. The summed E-state index contributed by atoms with van der Waals surface area (Å²) in [5, 5.41) is 0. The van der Waals surface area contributed by atoms with Crippen LogP contribution in [-0.4, -0.2) is 12.6 Å². The summed E-state index contributed by atoms with van der Waals surface area (Å²) in [7, 11) is 2.15. The molecule has 0 saturated heterocycles.